The van der Waals surface area contributed by atoms with Crippen LogP contribution in [-0.4, -0.2) is 37.6 Å². The molecule has 0 bridgehead atoms. The number of rotatable bonds is 9. The molecule has 9 nitrogen and oxygen atoms in total. The van der Waals surface area contributed by atoms with Crippen LogP contribution in [-0.2, 0) is 11.3 Å². The maximum absolute atomic E-state index is 12.1. The van der Waals surface area contributed by atoms with E-state index in [1.54, 1.807) is 24.3 Å². The summed E-state index contributed by atoms with van der Waals surface area (Å²) < 4.78 is 1.95. The molecule has 10 heteroatoms. The number of hydrazone groups is 1. The Bertz CT molecular complexity index is 1110. The Morgan fingerprint density at radius 2 is 1.94 bits per heavy atom. The van der Waals surface area contributed by atoms with Gasteiger partial charge in [-0.3, -0.25) is 14.9 Å². The molecule has 2 aromatic carbocycles. The van der Waals surface area contributed by atoms with E-state index in [-0.39, 0.29) is 17.3 Å². The normalized spacial score (nSPS) is 11.3. The third-order valence-electron chi connectivity index (χ3n) is 4.16. The van der Waals surface area contributed by atoms with Crippen molar-refractivity contribution in [2.24, 2.45) is 5.10 Å². The van der Waals surface area contributed by atoms with E-state index in [1.807, 2.05) is 41.8 Å². The van der Waals surface area contributed by atoms with Gasteiger partial charge in [-0.15, -0.1) is 10.2 Å². The first-order chi connectivity index (χ1) is 15.1. The van der Waals surface area contributed by atoms with E-state index in [9.17, 15) is 14.9 Å². The van der Waals surface area contributed by atoms with Gasteiger partial charge in [-0.05, 0) is 25.1 Å². The first kappa shape index (κ1) is 21.9. The highest BCUT2D eigenvalue weighted by Gasteiger charge is 2.14. The number of benzene rings is 2. The molecule has 0 aliphatic carbocycles. The molecule has 0 saturated heterocycles. The van der Waals surface area contributed by atoms with Crippen molar-refractivity contribution in [3.63, 3.8) is 0 Å². The second-order valence-electron chi connectivity index (χ2n) is 6.19. The number of nitrogens with one attached hydrogen (secondary N) is 1. The Labute approximate surface area is 183 Å². The number of allylic oxidation sites excluding steroid dienone is 1. The number of nitro benzene ring substituents is 1. The molecule has 0 aliphatic rings. The molecule has 0 saturated carbocycles. The summed E-state index contributed by atoms with van der Waals surface area (Å²) in [4.78, 5) is 22.6. The molecule has 0 atom stereocenters. The largest absolute Gasteiger partial charge is 0.302 e. The lowest BCUT2D eigenvalue weighted by Crippen LogP contribution is -2.19. The zero-order chi connectivity index (χ0) is 22.1. The van der Waals surface area contributed by atoms with Crippen LogP contribution in [0.5, 0.6) is 0 Å². The number of hydrogen-bond donors (Lipinski definition) is 1. The molecule has 158 valence electrons. The number of amides is 1. The minimum Gasteiger partial charge on any atom is -0.302 e. The fourth-order valence-electron chi connectivity index (χ4n) is 2.74. The molecule has 3 rings (SSSR count). The molecule has 0 fully saturated rings. The van der Waals surface area contributed by atoms with Gasteiger partial charge in [-0.25, -0.2) is 5.43 Å². The number of aromatic nitrogens is 3. The smallest absolute Gasteiger partial charge is 0.276 e. The average Bonchev–Trinajstić information content (AvgIpc) is 3.21. The number of nitrogens with zero attached hydrogens (tertiary/aromatic N) is 5. The molecular weight excluding hydrogens is 416 g/mol. The van der Waals surface area contributed by atoms with E-state index in [0.29, 0.717) is 17.3 Å². The zero-order valence-corrected chi connectivity index (χ0v) is 17.5. The van der Waals surface area contributed by atoms with Crippen LogP contribution >= 0.6 is 11.8 Å². The van der Waals surface area contributed by atoms with Gasteiger partial charge in [-0.1, -0.05) is 54.2 Å². The van der Waals surface area contributed by atoms with Crippen molar-refractivity contribution >= 4 is 35.6 Å². The summed E-state index contributed by atoms with van der Waals surface area (Å²) in [5.41, 5.74) is 3.84. The van der Waals surface area contributed by atoms with E-state index < -0.39 is 4.92 Å². The molecule has 1 heterocycles. The van der Waals surface area contributed by atoms with Gasteiger partial charge in [0.15, 0.2) is 11.0 Å². The van der Waals surface area contributed by atoms with E-state index in [1.165, 1.54) is 30.1 Å². The fraction of sp³-hybridized carbons (Fsp3) is 0.143. The van der Waals surface area contributed by atoms with Crippen LogP contribution in [0.1, 0.15) is 12.5 Å². The molecule has 1 aromatic heterocycles. The van der Waals surface area contributed by atoms with Crippen LogP contribution in [0.25, 0.3) is 17.5 Å². The predicted octanol–water partition coefficient (Wildman–Crippen LogP) is 3.78. The maximum Gasteiger partial charge on any atom is 0.276 e. The molecule has 0 spiro atoms. The summed E-state index contributed by atoms with van der Waals surface area (Å²) in [6.45, 7) is 2.67. The molecule has 0 unspecified atom stereocenters. The molecule has 1 N–H and O–H groups in total. The lowest BCUT2D eigenvalue weighted by Gasteiger charge is -2.06. The minimum atomic E-state index is -0.450. The number of hydrogen-bond acceptors (Lipinski definition) is 7. The van der Waals surface area contributed by atoms with Gasteiger partial charge in [0.2, 0.25) is 0 Å². The van der Waals surface area contributed by atoms with Crippen molar-refractivity contribution in [1.29, 1.82) is 0 Å². The van der Waals surface area contributed by atoms with Crippen LogP contribution in [0.3, 0.4) is 0 Å². The number of thioether (sulfide) groups is 1. The van der Waals surface area contributed by atoms with Gasteiger partial charge >= 0.3 is 0 Å². The Kier molecular flexibility index (Phi) is 7.66. The molecular formula is C21H20N6O3S. The summed E-state index contributed by atoms with van der Waals surface area (Å²) in [6, 6.07) is 16.1. The van der Waals surface area contributed by atoms with Gasteiger partial charge in [0.25, 0.3) is 11.6 Å². The van der Waals surface area contributed by atoms with Gasteiger partial charge in [0.1, 0.15) is 0 Å². The zero-order valence-electron chi connectivity index (χ0n) is 16.7. The number of nitro groups is 1. The first-order valence-electron chi connectivity index (χ1n) is 9.43. The molecule has 31 heavy (non-hydrogen) atoms. The van der Waals surface area contributed by atoms with Gasteiger partial charge in [-0.2, -0.15) is 5.10 Å². The summed E-state index contributed by atoms with van der Waals surface area (Å²) >= 11 is 1.27. The first-order valence-corrected chi connectivity index (χ1v) is 10.4. The summed E-state index contributed by atoms with van der Waals surface area (Å²) in [6.07, 6.45) is 4.44. The third kappa shape index (κ3) is 5.86. The maximum atomic E-state index is 12.1. The Hall–Kier alpha value is -3.79. The standard InChI is InChI=1S/C21H20N6O3S/c1-2-26-20(17-10-4-3-5-11-17)24-25-21(26)31-15-19(28)23-22-14-8-12-16-9-6-7-13-18(16)27(29)30/h3-14H,2,15H2,1H3,(H,23,28)/b12-8+,22-14?. The quantitative estimate of drug-likeness (QED) is 0.236. The number of para-hydroxylation sites is 1. The monoisotopic (exact) mass is 436 g/mol. The van der Waals surface area contributed by atoms with Crippen molar-refractivity contribution in [1.82, 2.24) is 20.2 Å². The predicted molar refractivity (Wildman–Crippen MR) is 121 cm³/mol. The Morgan fingerprint density at radius 1 is 1.19 bits per heavy atom. The van der Waals surface area contributed by atoms with Crippen molar-refractivity contribution in [3.05, 3.63) is 76.4 Å². The van der Waals surface area contributed by atoms with Crippen molar-refractivity contribution in [3.8, 4) is 11.4 Å². The summed E-state index contributed by atoms with van der Waals surface area (Å²) in [5.74, 6) is 0.578. The minimum absolute atomic E-state index is 0.00231. The second kappa shape index (κ2) is 10.8. The average molecular weight is 436 g/mol. The van der Waals surface area contributed by atoms with E-state index in [2.05, 4.69) is 20.7 Å². The second-order valence-corrected chi connectivity index (χ2v) is 7.14. The Morgan fingerprint density at radius 3 is 2.68 bits per heavy atom. The van der Waals surface area contributed by atoms with Crippen LogP contribution in [0.2, 0.25) is 0 Å². The van der Waals surface area contributed by atoms with E-state index in [4.69, 9.17) is 0 Å². The van der Waals surface area contributed by atoms with Crippen LogP contribution in [0.4, 0.5) is 5.69 Å². The van der Waals surface area contributed by atoms with E-state index >= 15 is 0 Å². The van der Waals surface area contributed by atoms with Gasteiger partial charge in [0, 0.05) is 24.4 Å². The van der Waals surface area contributed by atoms with E-state index in [0.717, 1.165) is 11.4 Å². The van der Waals surface area contributed by atoms with Gasteiger partial charge in [0.05, 0.1) is 16.2 Å². The molecule has 3 aromatic rings. The van der Waals surface area contributed by atoms with Crippen LogP contribution in [0, 0.1) is 10.1 Å². The van der Waals surface area contributed by atoms with Crippen LogP contribution in [0.15, 0.2) is 70.9 Å². The van der Waals surface area contributed by atoms with Gasteiger partial charge < -0.3 is 4.57 Å². The number of carbonyl (C=O) groups excluding carboxylic acids is 1. The lowest BCUT2D eigenvalue weighted by atomic mass is 10.2. The highest BCUT2D eigenvalue weighted by atomic mass is 32.2. The highest BCUT2D eigenvalue weighted by Crippen LogP contribution is 2.23. The van der Waals surface area contributed by atoms with Crippen molar-refractivity contribution < 1.29 is 9.72 Å². The summed E-state index contributed by atoms with van der Waals surface area (Å²) in [7, 11) is 0. The molecule has 1 amide bonds. The molecule has 0 aliphatic heterocycles. The lowest BCUT2D eigenvalue weighted by molar-refractivity contribution is -0.385. The van der Waals surface area contributed by atoms with Crippen molar-refractivity contribution in [2.75, 3.05) is 5.75 Å². The SMILES string of the molecule is CCn1c(SCC(=O)NN=C/C=C/c2ccccc2[N+](=O)[O-])nnc1-c1ccccc1. The summed E-state index contributed by atoms with van der Waals surface area (Å²) in [5, 5.41) is 23.9. The molecule has 0 radical (unpaired) electrons. The Balaban J connectivity index is 1.53. The third-order valence-corrected chi connectivity index (χ3v) is 5.12. The fourth-order valence-corrected chi connectivity index (χ4v) is 3.53. The topological polar surface area (TPSA) is 115 Å². The van der Waals surface area contributed by atoms with Crippen molar-refractivity contribution in [2.45, 2.75) is 18.6 Å². The van der Waals surface area contributed by atoms with Crippen LogP contribution < -0.4 is 5.43 Å². The number of carbonyl (C=O) groups is 1. The highest BCUT2D eigenvalue weighted by molar-refractivity contribution is 7.99.